The van der Waals surface area contributed by atoms with E-state index in [1.54, 1.807) is 12.1 Å². The van der Waals surface area contributed by atoms with Crippen LogP contribution in [0.15, 0.2) is 89.5 Å². The molecule has 1 N–H and O–H groups in total. The third kappa shape index (κ3) is 6.11. The second-order valence-corrected chi connectivity index (χ2v) is 7.55. The first-order valence-corrected chi connectivity index (χ1v) is 10.6. The van der Waals surface area contributed by atoms with Gasteiger partial charge in [-0.1, -0.05) is 65.8 Å². The summed E-state index contributed by atoms with van der Waals surface area (Å²) in [5.41, 5.74) is 2.49. The average Bonchev–Trinajstić information content (AvgIpc) is 3.35. The molecule has 1 aromatic heterocycles. The lowest BCUT2D eigenvalue weighted by molar-refractivity contribution is -0.384. The lowest BCUT2D eigenvalue weighted by atomic mass is 10.1. The van der Waals surface area contributed by atoms with Crippen molar-refractivity contribution in [3.05, 3.63) is 112 Å². The molecule has 4 aromatic rings. The first-order valence-electron chi connectivity index (χ1n) is 10.6. The van der Waals surface area contributed by atoms with Gasteiger partial charge < -0.3 is 14.6 Å². The molecule has 9 heteroatoms. The molecule has 1 amide bonds. The minimum Gasteiger partial charge on any atom is -0.367 e. The number of hydrogen-bond acceptors (Lipinski definition) is 7. The number of nitrogens with zero attached hydrogens (tertiary/aromatic N) is 3. The van der Waals surface area contributed by atoms with Crippen molar-refractivity contribution in [2.45, 2.75) is 19.1 Å². The standard InChI is InChI=1S/C25H22N4O5/c30-23(17-33-16-19-9-5-2-6-10-19)26-22(15-18-7-3-1-4-8-18)25-27-24(28-34-25)20-11-13-21(14-12-20)29(31)32/h1-14,22H,15-17H2,(H,26,30)/t22-/m0/s1. The van der Waals surface area contributed by atoms with E-state index in [-0.39, 0.29) is 29.9 Å². The molecule has 1 heterocycles. The van der Waals surface area contributed by atoms with Gasteiger partial charge in [-0.25, -0.2) is 0 Å². The van der Waals surface area contributed by atoms with Crippen molar-refractivity contribution in [2.75, 3.05) is 6.61 Å². The third-order valence-corrected chi connectivity index (χ3v) is 5.04. The number of non-ortho nitro benzene ring substituents is 1. The molecule has 3 aromatic carbocycles. The van der Waals surface area contributed by atoms with Gasteiger partial charge in [-0.2, -0.15) is 4.98 Å². The molecule has 4 rings (SSSR count). The maximum Gasteiger partial charge on any atom is 0.269 e. The highest BCUT2D eigenvalue weighted by Gasteiger charge is 2.22. The molecule has 0 radical (unpaired) electrons. The molecular formula is C25H22N4O5. The first kappa shape index (κ1) is 22.8. The number of nitrogens with one attached hydrogen (secondary N) is 1. The van der Waals surface area contributed by atoms with Gasteiger partial charge in [0, 0.05) is 24.1 Å². The second-order valence-electron chi connectivity index (χ2n) is 7.55. The minimum atomic E-state index is -0.575. The van der Waals surface area contributed by atoms with E-state index in [0.29, 0.717) is 18.6 Å². The van der Waals surface area contributed by atoms with E-state index in [1.807, 2.05) is 60.7 Å². The molecule has 0 saturated carbocycles. The summed E-state index contributed by atoms with van der Waals surface area (Å²) in [5.74, 6) is 0.193. The fourth-order valence-electron chi connectivity index (χ4n) is 3.35. The van der Waals surface area contributed by atoms with Crippen LogP contribution in [0.2, 0.25) is 0 Å². The van der Waals surface area contributed by atoms with Gasteiger partial charge in [0.15, 0.2) is 0 Å². The maximum absolute atomic E-state index is 12.6. The van der Waals surface area contributed by atoms with Crippen LogP contribution in [0.3, 0.4) is 0 Å². The smallest absolute Gasteiger partial charge is 0.269 e. The Kier molecular flexibility index (Phi) is 7.36. The molecular weight excluding hydrogens is 436 g/mol. The summed E-state index contributed by atoms with van der Waals surface area (Å²) in [7, 11) is 0. The van der Waals surface area contributed by atoms with Crippen molar-refractivity contribution in [2.24, 2.45) is 0 Å². The van der Waals surface area contributed by atoms with Gasteiger partial charge in [-0.3, -0.25) is 14.9 Å². The summed E-state index contributed by atoms with van der Waals surface area (Å²) < 4.78 is 11.0. The van der Waals surface area contributed by atoms with Crippen LogP contribution in [0.1, 0.15) is 23.1 Å². The molecule has 172 valence electrons. The number of ether oxygens (including phenoxy) is 1. The zero-order valence-corrected chi connectivity index (χ0v) is 18.2. The van der Waals surface area contributed by atoms with Gasteiger partial charge in [0.25, 0.3) is 5.69 Å². The molecule has 1 atom stereocenters. The average molecular weight is 458 g/mol. The summed E-state index contributed by atoms with van der Waals surface area (Å²) in [6.07, 6.45) is 0.438. The lowest BCUT2D eigenvalue weighted by Gasteiger charge is -2.15. The van der Waals surface area contributed by atoms with Crippen molar-refractivity contribution < 1.29 is 19.0 Å². The maximum atomic E-state index is 12.6. The molecule has 0 unspecified atom stereocenters. The van der Waals surface area contributed by atoms with E-state index in [4.69, 9.17) is 9.26 Å². The van der Waals surface area contributed by atoms with Crippen molar-refractivity contribution in [1.29, 1.82) is 0 Å². The Hall–Kier alpha value is -4.37. The largest absolute Gasteiger partial charge is 0.367 e. The molecule has 9 nitrogen and oxygen atoms in total. The predicted octanol–water partition coefficient (Wildman–Crippen LogP) is 4.26. The monoisotopic (exact) mass is 458 g/mol. The number of nitro groups is 1. The number of aromatic nitrogens is 2. The van der Waals surface area contributed by atoms with Crippen molar-refractivity contribution in [1.82, 2.24) is 15.5 Å². The normalized spacial score (nSPS) is 11.6. The summed E-state index contributed by atoms with van der Waals surface area (Å²) in [5, 5.41) is 17.8. The topological polar surface area (TPSA) is 120 Å². The molecule has 0 saturated heterocycles. The molecule has 34 heavy (non-hydrogen) atoms. The van der Waals surface area contributed by atoms with Gasteiger partial charge >= 0.3 is 0 Å². The third-order valence-electron chi connectivity index (χ3n) is 5.04. The van der Waals surface area contributed by atoms with Crippen molar-refractivity contribution >= 4 is 11.6 Å². The number of carbonyl (C=O) groups excluding carboxylic acids is 1. The molecule has 0 bridgehead atoms. The lowest BCUT2D eigenvalue weighted by Crippen LogP contribution is -2.33. The number of benzene rings is 3. The van der Waals surface area contributed by atoms with E-state index in [9.17, 15) is 14.9 Å². The van der Waals surface area contributed by atoms with E-state index < -0.39 is 11.0 Å². The molecule has 0 aliphatic heterocycles. The highest BCUT2D eigenvalue weighted by Crippen LogP contribution is 2.23. The van der Waals surface area contributed by atoms with Gasteiger partial charge in [0.1, 0.15) is 12.6 Å². The van der Waals surface area contributed by atoms with Gasteiger partial charge in [-0.15, -0.1) is 0 Å². The summed E-state index contributed by atoms with van der Waals surface area (Å²) in [6.45, 7) is 0.200. The molecule has 0 aliphatic rings. The van der Waals surface area contributed by atoms with E-state index in [0.717, 1.165) is 11.1 Å². The number of nitro benzene ring substituents is 1. The Morgan fingerprint density at radius 3 is 2.26 bits per heavy atom. The number of hydrogen-bond donors (Lipinski definition) is 1. The number of amides is 1. The molecule has 0 fully saturated rings. The summed E-state index contributed by atoms with van der Waals surface area (Å²) in [6, 6.07) is 24.5. The number of carbonyl (C=O) groups is 1. The minimum absolute atomic E-state index is 0.0304. The van der Waals surface area contributed by atoms with Crippen molar-refractivity contribution in [3.63, 3.8) is 0 Å². The van der Waals surface area contributed by atoms with Crippen LogP contribution in [-0.4, -0.2) is 27.6 Å². The van der Waals surface area contributed by atoms with Crippen LogP contribution in [0, 0.1) is 10.1 Å². The second kappa shape index (κ2) is 11.0. The zero-order chi connectivity index (χ0) is 23.8. The first-order chi connectivity index (χ1) is 16.6. The fourth-order valence-corrected chi connectivity index (χ4v) is 3.35. The van der Waals surface area contributed by atoms with E-state index >= 15 is 0 Å². The Morgan fingerprint density at radius 2 is 1.62 bits per heavy atom. The summed E-state index contributed by atoms with van der Waals surface area (Å²) in [4.78, 5) is 27.4. The van der Waals surface area contributed by atoms with Crippen LogP contribution < -0.4 is 5.32 Å². The number of rotatable bonds is 10. The van der Waals surface area contributed by atoms with Gasteiger partial charge in [0.05, 0.1) is 11.5 Å². The Morgan fingerprint density at radius 1 is 0.971 bits per heavy atom. The predicted molar refractivity (Wildman–Crippen MR) is 124 cm³/mol. The van der Waals surface area contributed by atoms with Crippen LogP contribution in [0.5, 0.6) is 0 Å². The highest BCUT2D eigenvalue weighted by atomic mass is 16.6. The summed E-state index contributed by atoms with van der Waals surface area (Å²) >= 11 is 0. The quantitative estimate of drug-likeness (QED) is 0.278. The molecule has 0 spiro atoms. The zero-order valence-electron chi connectivity index (χ0n) is 18.2. The van der Waals surface area contributed by atoms with Gasteiger partial charge in [0.2, 0.25) is 17.6 Å². The SMILES string of the molecule is O=C(COCc1ccccc1)N[C@@H](Cc1ccccc1)c1nc(-c2ccc([N+](=O)[O-])cc2)no1. The van der Waals surface area contributed by atoms with Crippen LogP contribution in [0.4, 0.5) is 5.69 Å². The fraction of sp³-hybridized carbons (Fsp3) is 0.160. The van der Waals surface area contributed by atoms with Crippen LogP contribution in [0.25, 0.3) is 11.4 Å². The van der Waals surface area contributed by atoms with E-state index in [2.05, 4.69) is 15.5 Å². The Balaban J connectivity index is 1.46. The van der Waals surface area contributed by atoms with Crippen LogP contribution in [-0.2, 0) is 22.6 Å². The van der Waals surface area contributed by atoms with Gasteiger partial charge in [-0.05, 0) is 23.3 Å². The Bertz CT molecular complexity index is 1230. The molecule has 0 aliphatic carbocycles. The Labute approximate surface area is 195 Å². The highest BCUT2D eigenvalue weighted by molar-refractivity contribution is 5.77. The van der Waals surface area contributed by atoms with Crippen LogP contribution >= 0.6 is 0 Å². The van der Waals surface area contributed by atoms with Crippen molar-refractivity contribution in [3.8, 4) is 11.4 Å². The van der Waals surface area contributed by atoms with E-state index in [1.165, 1.54) is 12.1 Å².